The lowest BCUT2D eigenvalue weighted by Gasteiger charge is -2.10. The number of ether oxygens (including phenoxy) is 2. The summed E-state index contributed by atoms with van der Waals surface area (Å²) in [5.41, 5.74) is 0. The smallest absolute Gasteiger partial charge is 0.133 e. The van der Waals surface area contributed by atoms with E-state index in [1.807, 2.05) is 18.2 Å². The summed E-state index contributed by atoms with van der Waals surface area (Å²) in [5, 5.41) is 0. The van der Waals surface area contributed by atoms with E-state index in [2.05, 4.69) is 29.8 Å². The zero-order valence-electron chi connectivity index (χ0n) is 8.71. The molecule has 14 heavy (non-hydrogen) atoms. The molecule has 0 radical (unpaired) electrons. The number of hydrogen-bond donors (Lipinski definition) is 0. The van der Waals surface area contributed by atoms with Crippen molar-refractivity contribution in [3.8, 4) is 11.5 Å². The Kier molecular flexibility index (Phi) is 4.26. The van der Waals surface area contributed by atoms with E-state index in [0.29, 0.717) is 5.92 Å². The maximum absolute atomic E-state index is 5.60. The Bertz CT molecular complexity index is 297. The van der Waals surface area contributed by atoms with Crippen LogP contribution in [0.4, 0.5) is 0 Å². The molecule has 78 valence electrons. The molecule has 0 unspecified atom stereocenters. The van der Waals surface area contributed by atoms with Gasteiger partial charge in [-0.2, -0.15) is 0 Å². The molecular formula is C11H15BrO2. The van der Waals surface area contributed by atoms with Crippen molar-refractivity contribution >= 4 is 15.9 Å². The van der Waals surface area contributed by atoms with Gasteiger partial charge in [-0.05, 0) is 40.0 Å². The minimum Gasteiger partial charge on any atom is -0.497 e. The van der Waals surface area contributed by atoms with Crippen LogP contribution in [0, 0.1) is 5.92 Å². The molecule has 0 aliphatic carbocycles. The molecule has 0 saturated carbocycles. The van der Waals surface area contributed by atoms with Crippen molar-refractivity contribution < 1.29 is 9.47 Å². The first-order chi connectivity index (χ1) is 6.63. The van der Waals surface area contributed by atoms with Crippen LogP contribution in [0.25, 0.3) is 0 Å². The fourth-order valence-corrected chi connectivity index (χ4v) is 1.45. The zero-order chi connectivity index (χ0) is 10.6. The van der Waals surface area contributed by atoms with E-state index < -0.39 is 0 Å². The van der Waals surface area contributed by atoms with Gasteiger partial charge in [0, 0.05) is 0 Å². The maximum Gasteiger partial charge on any atom is 0.133 e. The third kappa shape index (κ3) is 3.22. The van der Waals surface area contributed by atoms with E-state index in [1.165, 1.54) is 0 Å². The van der Waals surface area contributed by atoms with Gasteiger partial charge < -0.3 is 9.47 Å². The van der Waals surface area contributed by atoms with Gasteiger partial charge in [-0.1, -0.05) is 13.8 Å². The quantitative estimate of drug-likeness (QED) is 0.824. The summed E-state index contributed by atoms with van der Waals surface area (Å²) in [5.74, 6) is 2.22. The number of halogens is 1. The minimum absolute atomic E-state index is 0.531. The van der Waals surface area contributed by atoms with Crippen LogP contribution in [0.15, 0.2) is 22.7 Å². The highest BCUT2D eigenvalue weighted by Crippen LogP contribution is 2.29. The highest BCUT2D eigenvalue weighted by atomic mass is 79.9. The van der Waals surface area contributed by atoms with Gasteiger partial charge in [0.15, 0.2) is 0 Å². The molecule has 0 heterocycles. The molecule has 0 aliphatic rings. The van der Waals surface area contributed by atoms with E-state index in [-0.39, 0.29) is 0 Å². The lowest BCUT2D eigenvalue weighted by molar-refractivity contribution is 0.269. The standard InChI is InChI=1S/C11H15BrO2/c1-8(2)7-14-11-5-4-9(13-3)6-10(11)12/h4-6,8H,7H2,1-3H3. The SMILES string of the molecule is COc1ccc(OCC(C)C)c(Br)c1. The van der Waals surface area contributed by atoms with Crippen LogP contribution in [-0.2, 0) is 0 Å². The predicted octanol–water partition coefficient (Wildman–Crippen LogP) is 3.49. The molecule has 1 aromatic rings. The molecule has 1 rings (SSSR count). The van der Waals surface area contributed by atoms with Crippen molar-refractivity contribution in [2.45, 2.75) is 13.8 Å². The molecule has 1 aromatic carbocycles. The van der Waals surface area contributed by atoms with Crippen LogP contribution in [-0.4, -0.2) is 13.7 Å². The normalized spacial score (nSPS) is 10.4. The van der Waals surface area contributed by atoms with Gasteiger partial charge in [0.25, 0.3) is 0 Å². The molecule has 0 bridgehead atoms. The van der Waals surface area contributed by atoms with Crippen LogP contribution in [0.2, 0.25) is 0 Å². The average Bonchev–Trinajstić information content (AvgIpc) is 2.15. The van der Waals surface area contributed by atoms with Crippen molar-refractivity contribution in [1.29, 1.82) is 0 Å². The zero-order valence-corrected chi connectivity index (χ0v) is 10.3. The fraction of sp³-hybridized carbons (Fsp3) is 0.455. The first-order valence-electron chi connectivity index (χ1n) is 4.60. The van der Waals surface area contributed by atoms with Gasteiger partial charge in [-0.3, -0.25) is 0 Å². The van der Waals surface area contributed by atoms with Crippen molar-refractivity contribution in [3.63, 3.8) is 0 Å². The van der Waals surface area contributed by atoms with Crippen molar-refractivity contribution in [1.82, 2.24) is 0 Å². The summed E-state index contributed by atoms with van der Waals surface area (Å²) >= 11 is 3.43. The van der Waals surface area contributed by atoms with Gasteiger partial charge in [0.2, 0.25) is 0 Å². The maximum atomic E-state index is 5.60. The first kappa shape index (κ1) is 11.4. The Labute approximate surface area is 93.4 Å². The number of rotatable bonds is 4. The second-order valence-corrected chi connectivity index (χ2v) is 4.36. The molecule has 0 aliphatic heterocycles. The van der Waals surface area contributed by atoms with Crippen molar-refractivity contribution in [2.75, 3.05) is 13.7 Å². The third-order valence-corrected chi connectivity index (χ3v) is 2.33. The summed E-state index contributed by atoms with van der Waals surface area (Å²) in [6.45, 7) is 4.97. The van der Waals surface area contributed by atoms with Gasteiger partial charge >= 0.3 is 0 Å². The number of methoxy groups -OCH3 is 1. The molecule has 0 amide bonds. The Morgan fingerprint density at radius 3 is 2.57 bits per heavy atom. The van der Waals surface area contributed by atoms with Gasteiger partial charge in [0.1, 0.15) is 11.5 Å². The fourth-order valence-electron chi connectivity index (χ4n) is 0.982. The molecule has 0 N–H and O–H groups in total. The first-order valence-corrected chi connectivity index (χ1v) is 5.39. The van der Waals surface area contributed by atoms with E-state index in [9.17, 15) is 0 Å². The van der Waals surface area contributed by atoms with Crippen molar-refractivity contribution in [3.05, 3.63) is 22.7 Å². The van der Waals surface area contributed by atoms with Crippen LogP contribution < -0.4 is 9.47 Å². The van der Waals surface area contributed by atoms with Crippen molar-refractivity contribution in [2.24, 2.45) is 5.92 Å². The van der Waals surface area contributed by atoms with Crippen LogP contribution in [0.5, 0.6) is 11.5 Å². The molecule has 3 heteroatoms. The van der Waals surface area contributed by atoms with E-state index in [0.717, 1.165) is 22.6 Å². The molecule has 0 atom stereocenters. The summed E-state index contributed by atoms with van der Waals surface area (Å²) in [4.78, 5) is 0. The topological polar surface area (TPSA) is 18.5 Å². The number of hydrogen-bond acceptors (Lipinski definition) is 2. The summed E-state index contributed by atoms with van der Waals surface area (Å²) < 4.78 is 11.6. The van der Waals surface area contributed by atoms with Gasteiger partial charge in [-0.25, -0.2) is 0 Å². The second-order valence-electron chi connectivity index (χ2n) is 3.50. The lowest BCUT2D eigenvalue weighted by atomic mass is 10.2. The predicted molar refractivity (Wildman–Crippen MR) is 61.0 cm³/mol. The Hall–Kier alpha value is -0.700. The van der Waals surface area contributed by atoms with Gasteiger partial charge in [0.05, 0.1) is 18.2 Å². The highest BCUT2D eigenvalue weighted by molar-refractivity contribution is 9.10. The van der Waals surface area contributed by atoms with E-state index >= 15 is 0 Å². The van der Waals surface area contributed by atoms with Crippen LogP contribution in [0.3, 0.4) is 0 Å². The lowest BCUT2D eigenvalue weighted by Crippen LogP contribution is -2.04. The molecule has 0 aromatic heterocycles. The Morgan fingerprint density at radius 2 is 2.07 bits per heavy atom. The summed E-state index contributed by atoms with van der Waals surface area (Å²) in [6, 6.07) is 5.70. The average molecular weight is 259 g/mol. The Morgan fingerprint density at radius 1 is 1.36 bits per heavy atom. The molecule has 0 spiro atoms. The van der Waals surface area contributed by atoms with Gasteiger partial charge in [-0.15, -0.1) is 0 Å². The minimum atomic E-state index is 0.531. The monoisotopic (exact) mass is 258 g/mol. The second kappa shape index (κ2) is 5.25. The van der Waals surface area contributed by atoms with Crippen LogP contribution in [0.1, 0.15) is 13.8 Å². The molecule has 2 nitrogen and oxygen atoms in total. The summed E-state index contributed by atoms with van der Waals surface area (Å²) in [7, 11) is 1.65. The van der Waals surface area contributed by atoms with E-state index in [1.54, 1.807) is 7.11 Å². The summed E-state index contributed by atoms with van der Waals surface area (Å²) in [6.07, 6.45) is 0. The third-order valence-electron chi connectivity index (χ3n) is 1.71. The largest absolute Gasteiger partial charge is 0.497 e. The molecular weight excluding hydrogens is 244 g/mol. The number of benzene rings is 1. The Balaban J connectivity index is 2.69. The van der Waals surface area contributed by atoms with Crippen LogP contribution >= 0.6 is 15.9 Å². The molecule has 0 saturated heterocycles. The highest BCUT2D eigenvalue weighted by Gasteiger charge is 2.03. The molecule has 0 fully saturated rings. The van der Waals surface area contributed by atoms with E-state index in [4.69, 9.17) is 9.47 Å².